The molecule has 4 rings (SSSR count). The van der Waals surface area contributed by atoms with Gasteiger partial charge in [0.15, 0.2) is 11.1 Å². The van der Waals surface area contributed by atoms with Crippen molar-refractivity contribution in [2.75, 3.05) is 6.26 Å². The van der Waals surface area contributed by atoms with Crippen molar-refractivity contribution in [3.8, 4) is 33.6 Å². The first-order valence-corrected chi connectivity index (χ1v) is 12.6. The van der Waals surface area contributed by atoms with Crippen LogP contribution < -0.4 is 0 Å². The number of halogens is 3. The van der Waals surface area contributed by atoms with Crippen molar-refractivity contribution >= 4 is 22.8 Å². The molecule has 0 aliphatic carbocycles. The second kappa shape index (κ2) is 10.1. The van der Waals surface area contributed by atoms with E-state index in [-0.39, 0.29) is 17.1 Å². The van der Waals surface area contributed by atoms with E-state index in [9.17, 15) is 17.4 Å². The highest BCUT2D eigenvalue weighted by molar-refractivity contribution is 7.98. The van der Waals surface area contributed by atoms with Gasteiger partial charge in [-0.3, -0.25) is 0 Å². The minimum atomic E-state index is -4.74. The second-order valence-electron chi connectivity index (χ2n) is 7.37. The smallest absolute Gasteiger partial charge is 0.306 e. The number of hydrogen-bond acceptors (Lipinski definition) is 4. The quantitative estimate of drug-likeness (QED) is 0.230. The third-order valence-corrected chi connectivity index (χ3v) is 6.43. The Kier molecular flexibility index (Phi) is 7.16. The molecule has 34 heavy (non-hydrogen) atoms. The van der Waals surface area contributed by atoms with Crippen LogP contribution in [0, 0.1) is 0 Å². The van der Waals surface area contributed by atoms with Gasteiger partial charge in [0, 0.05) is 21.6 Å². The van der Waals surface area contributed by atoms with Gasteiger partial charge in [-0.25, -0.2) is 14.2 Å². The summed E-state index contributed by atoms with van der Waals surface area (Å²) in [7, 11) is 0. The predicted octanol–water partition coefficient (Wildman–Crippen LogP) is 6.94. The summed E-state index contributed by atoms with van der Waals surface area (Å²) in [5.74, 6) is -1.30. The zero-order valence-corrected chi connectivity index (χ0v) is 19.5. The number of benzene rings is 3. The van der Waals surface area contributed by atoms with E-state index in [1.807, 2.05) is 24.5 Å². The van der Waals surface area contributed by atoms with E-state index in [2.05, 4.69) is 9.97 Å². The van der Waals surface area contributed by atoms with Crippen LogP contribution in [0.25, 0.3) is 33.6 Å². The topological polar surface area (TPSA) is 63.1 Å². The van der Waals surface area contributed by atoms with E-state index in [1.54, 1.807) is 60.7 Å². The summed E-state index contributed by atoms with van der Waals surface area (Å²) in [5.41, 5.74) is 3.04. The Bertz CT molecular complexity index is 1310. The van der Waals surface area contributed by atoms with Gasteiger partial charge in [0.25, 0.3) is 0 Å². The molecule has 0 fully saturated rings. The summed E-state index contributed by atoms with van der Waals surface area (Å²) in [6, 6.07) is 22.7. The van der Waals surface area contributed by atoms with Gasteiger partial charge in [-0.2, -0.15) is 13.2 Å². The highest BCUT2D eigenvalue weighted by Gasteiger charge is 2.37. The second-order valence-corrected chi connectivity index (χ2v) is 9.19. The molecule has 0 bridgehead atoms. The Morgan fingerprint density at radius 1 is 0.824 bits per heavy atom. The monoisotopic (exact) mass is 500 g/mol. The summed E-state index contributed by atoms with van der Waals surface area (Å²) in [4.78, 5) is 8.90. The highest BCUT2D eigenvalue weighted by Crippen LogP contribution is 2.40. The molecule has 0 amide bonds. The van der Waals surface area contributed by atoms with E-state index in [4.69, 9.17) is 4.55 Å². The molecule has 174 valence electrons. The lowest BCUT2D eigenvalue weighted by atomic mass is 9.94. The fourth-order valence-corrected chi connectivity index (χ4v) is 4.42. The standard InChI is InChI=1S/C25H19F3N2O2S2/c1-33-20-13-11-19(12-14-20)23-21(17-5-3-2-4-6-17)22(29-24(30-23)25(26,27)28)18-9-7-16(8-10-18)15-34(31)32/h2-14H,15H2,1H3,(H,31,32). The molecule has 1 unspecified atom stereocenters. The zero-order chi connectivity index (χ0) is 24.3. The van der Waals surface area contributed by atoms with Gasteiger partial charge in [0.2, 0.25) is 5.82 Å². The van der Waals surface area contributed by atoms with E-state index in [0.29, 0.717) is 27.8 Å². The molecule has 0 saturated carbocycles. The van der Waals surface area contributed by atoms with Gasteiger partial charge in [0.05, 0.1) is 17.1 Å². The van der Waals surface area contributed by atoms with Crippen LogP contribution in [0.5, 0.6) is 0 Å². The molecule has 0 saturated heterocycles. The van der Waals surface area contributed by atoms with Crippen molar-refractivity contribution in [2.45, 2.75) is 16.8 Å². The van der Waals surface area contributed by atoms with Gasteiger partial charge in [-0.05, 0) is 29.5 Å². The highest BCUT2D eigenvalue weighted by atomic mass is 32.2. The first-order chi connectivity index (χ1) is 16.3. The molecule has 0 aliphatic heterocycles. The lowest BCUT2D eigenvalue weighted by Crippen LogP contribution is -2.13. The summed E-state index contributed by atoms with van der Waals surface area (Å²) >= 11 is -0.491. The lowest BCUT2D eigenvalue weighted by Gasteiger charge is -2.18. The normalized spacial score (nSPS) is 12.5. The van der Waals surface area contributed by atoms with Crippen LogP contribution in [0.15, 0.2) is 83.8 Å². The van der Waals surface area contributed by atoms with E-state index >= 15 is 0 Å². The van der Waals surface area contributed by atoms with Gasteiger partial charge < -0.3 is 4.55 Å². The van der Waals surface area contributed by atoms with Crippen molar-refractivity contribution in [3.63, 3.8) is 0 Å². The van der Waals surface area contributed by atoms with Gasteiger partial charge in [-0.1, -0.05) is 66.7 Å². The number of rotatable bonds is 6. The van der Waals surface area contributed by atoms with Crippen LogP contribution >= 0.6 is 11.8 Å². The first-order valence-electron chi connectivity index (χ1n) is 10.1. The SMILES string of the molecule is CSc1ccc(-c2nc(C(F)(F)F)nc(-c3ccc(CS(=O)O)cc3)c2-c2ccccc2)cc1. The number of nitrogens with zero attached hydrogens (tertiary/aromatic N) is 2. The number of thioether (sulfide) groups is 1. The molecule has 1 N–H and O–H groups in total. The maximum Gasteiger partial charge on any atom is 0.451 e. The Morgan fingerprint density at radius 2 is 1.35 bits per heavy atom. The van der Waals surface area contributed by atoms with Crippen LogP contribution in [-0.2, 0) is 23.0 Å². The Balaban J connectivity index is 2.01. The van der Waals surface area contributed by atoms with Crippen LogP contribution in [0.3, 0.4) is 0 Å². The van der Waals surface area contributed by atoms with Crippen molar-refractivity contribution < 1.29 is 21.9 Å². The summed E-state index contributed by atoms with van der Waals surface area (Å²) in [6.45, 7) is 0. The van der Waals surface area contributed by atoms with Crippen molar-refractivity contribution in [2.24, 2.45) is 0 Å². The predicted molar refractivity (Wildman–Crippen MR) is 130 cm³/mol. The third-order valence-electron chi connectivity index (χ3n) is 5.11. The maximum atomic E-state index is 13.8. The van der Waals surface area contributed by atoms with Gasteiger partial charge in [0.1, 0.15) is 0 Å². The molecule has 0 aliphatic rings. The zero-order valence-electron chi connectivity index (χ0n) is 17.9. The molecule has 4 aromatic rings. The van der Waals surface area contributed by atoms with E-state index in [1.165, 1.54) is 11.8 Å². The molecule has 1 aromatic heterocycles. The number of hydrogen-bond donors (Lipinski definition) is 1. The minimum absolute atomic E-state index is 0.0730. The fraction of sp³-hybridized carbons (Fsp3) is 0.120. The largest absolute Gasteiger partial charge is 0.451 e. The third kappa shape index (κ3) is 5.38. The summed E-state index contributed by atoms with van der Waals surface area (Å²) < 4.78 is 61.8. The van der Waals surface area contributed by atoms with Crippen LogP contribution in [0.1, 0.15) is 11.4 Å². The van der Waals surface area contributed by atoms with Crippen molar-refractivity contribution in [3.05, 3.63) is 90.3 Å². The van der Waals surface area contributed by atoms with Crippen LogP contribution in [-0.4, -0.2) is 25.0 Å². The average molecular weight is 501 g/mol. The Hall–Kier alpha value is -3.01. The first kappa shape index (κ1) is 24.1. The minimum Gasteiger partial charge on any atom is -0.306 e. The molecule has 0 radical (unpaired) electrons. The molecular formula is C25H19F3N2O2S2. The van der Waals surface area contributed by atoms with Crippen molar-refractivity contribution in [1.82, 2.24) is 9.97 Å². The van der Waals surface area contributed by atoms with Crippen LogP contribution in [0.2, 0.25) is 0 Å². The molecule has 9 heteroatoms. The Labute approximate surface area is 201 Å². The lowest BCUT2D eigenvalue weighted by molar-refractivity contribution is -0.144. The van der Waals surface area contributed by atoms with Gasteiger partial charge in [-0.15, -0.1) is 11.8 Å². The summed E-state index contributed by atoms with van der Waals surface area (Å²) in [5, 5.41) is 0. The van der Waals surface area contributed by atoms with E-state index in [0.717, 1.165) is 4.90 Å². The number of aromatic nitrogens is 2. The fourth-order valence-electron chi connectivity index (χ4n) is 3.53. The molecular weight excluding hydrogens is 481 g/mol. The molecule has 1 atom stereocenters. The number of alkyl halides is 3. The molecule has 4 nitrogen and oxygen atoms in total. The van der Waals surface area contributed by atoms with E-state index < -0.39 is 23.1 Å². The summed E-state index contributed by atoms with van der Waals surface area (Å²) in [6.07, 6.45) is -2.82. The van der Waals surface area contributed by atoms with Crippen molar-refractivity contribution in [1.29, 1.82) is 0 Å². The Morgan fingerprint density at radius 3 is 1.82 bits per heavy atom. The average Bonchev–Trinajstić information content (AvgIpc) is 2.83. The van der Waals surface area contributed by atoms with Gasteiger partial charge >= 0.3 is 6.18 Å². The molecule has 0 spiro atoms. The molecule has 1 heterocycles. The maximum absolute atomic E-state index is 13.8. The van der Waals surface area contributed by atoms with Crippen LogP contribution in [0.4, 0.5) is 13.2 Å². The molecule has 3 aromatic carbocycles.